The molecule has 4 nitrogen and oxygen atoms in total. The summed E-state index contributed by atoms with van der Waals surface area (Å²) in [5.41, 5.74) is 0.639. The van der Waals surface area contributed by atoms with Gasteiger partial charge in [0.2, 0.25) is 5.91 Å². The van der Waals surface area contributed by atoms with Crippen LogP contribution in [0.3, 0.4) is 0 Å². The molecule has 0 fully saturated rings. The van der Waals surface area contributed by atoms with Crippen molar-refractivity contribution in [2.24, 2.45) is 5.41 Å². The van der Waals surface area contributed by atoms with E-state index in [0.29, 0.717) is 6.54 Å². The van der Waals surface area contributed by atoms with Gasteiger partial charge in [0, 0.05) is 19.6 Å². The van der Waals surface area contributed by atoms with Crippen molar-refractivity contribution in [1.82, 2.24) is 10.6 Å². The zero-order valence-corrected chi connectivity index (χ0v) is 11.4. The molecule has 0 aliphatic rings. The number of amides is 1. The third-order valence-corrected chi connectivity index (χ3v) is 3.09. The Morgan fingerprint density at radius 1 is 1.33 bits per heavy atom. The van der Waals surface area contributed by atoms with Gasteiger partial charge in [-0.2, -0.15) is 0 Å². The second kappa shape index (κ2) is 5.87. The molecule has 4 heteroatoms. The fourth-order valence-electron chi connectivity index (χ4n) is 1.71. The van der Waals surface area contributed by atoms with E-state index >= 15 is 0 Å². The van der Waals surface area contributed by atoms with E-state index in [1.807, 2.05) is 32.9 Å². The van der Waals surface area contributed by atoms with Gasteiger partial charge >= 0.3 is 0 Å². The summed E-state index contributed by atoms with van der Waals surface area (Å²) in [6.07, 6.45) is 0. The molecule has 0 aliphatic carbocycles. The number of rotatable bonds is 5. The normalized spacial score (nSPS) is 13.1. The molecule has 0 radical (unpaired) electrons. The Hall–Kier alpha value is -1.55. The molecular formula is C14H22N2O2. The van der Waals surface area contributed by atoms with E-state index in [9.17, 15) is 9.90 Å². The topological polar surface area (TPSA) is 61.4 Å². The molecule has 0 heterocycles. The Morgan fingerprint density at radius 3 is 2.39 bits per heavy atom. The van der Waals surface area contributed by atoms with Crippen LogP contribution in [-0.4, -0.2) is 24.6 Å². The van der Waals surface area contributed by atoms with E-state index < -0.39 is 5.41 Å². The summed E-state index contributed by atoms with van der Waals surface area (Å²) in [6.45, 7) is 6.44. The number of aromatic hydroxyl groups is 1. The summed E-state index contributed by atoms with van der Waals surface area (Å²) in [4.78, 5) is 11.6. The first kappa shape index (κ1) is 14.5. The van der Waals surface area contributed by atoms with Crippen molar-refractivity contribution in [2.45, 2.75) is 26.8 Å². The van der Waals surface area contributed by atoms with Crippen molar-refractivity contribution in [3.8, 4) is 5.75 Å². The monoisotopic (exact) mass is 250 g/mol. The summed E-state index contributed by atoms with van der Waals surface area (Å²) in [7, 11) is 1.65. The maximum Gasteiger partial charge on any atom is 0.226 e. The maximum absolute atomic E-state index is 11.6. The third-order valence-electron chi connectivity index (χ3n) is 3.09. The van der Waals surface area contributed by atoms with Crippen molar-refractivity contribution < 1.29 is 9.90 Å². The molecule has 1 aromatic rings. The number of carbonyl (C=O) groups excluding carboxylic acids is 1. The van der Waals surface area contributed by atoms with E-state index in [4.69, 9.17) is 0 Å². The Labute approximate surface area is 108 Å². The van der Waals surface area contributed by atoms with E-state index in [1.165, 1.54) is 0 Å². The molecule has 1 rings (SSSR count). The second-order valence-corrected chi connectivity index (χ2v) is 5.16. The molecule has 0 spiro atoms. The maximum atomic E-state index is 11.6. The van der Waals surface area contributed by atoms with Crippen LogP contribution >= 0.6 is 0 Å². The average molecular weight is 250 g/mol. The van der Waals surface area contributed by atoms with Crippen LogP contribution in [-0.2, 0) is 4.79 Å². The molecule has 1 unspecified atom stereocenters. The molecule has 100 valence electrons. The number of benzene rings is 1. The Morgan fingerprint density at radius 2 is 1.89 bits per heavy atom. The number of hydrogen-bond acceptors (Lipinski definition) is 3. The molecular weight excluding hydrogens is 228 g/mol. The van der Waals surface area contributed by atoms with Crippen molar-refractivity contribution in [3.05, 3.63) is 29.8 Å². The minimum Gasteiger partial charge on any atom is -0.508 e. The number of hydrogen-bond donors (Lipinski definition) is 3. The van der Waals surface area contributed by atoms with Gasteiger partial charge in [0.25, 0.3) is 0 Å². The summed E-state index contributed by atoms with van der Waals surface area (Å²) in [6, 6.07) is 7.21. The standard InChI is InChI=1S/C14H22N2O2/c1-10(11-5-7-12(17)8-6-11)16-9-14(2,3)13(18)15-4/h5-8,10,16-17H,9H2,1-4H3,(H,15,18). The van der Waals surface area contributed by atoms with Gasteiger partial charge in [-0.25, -0.2) is 0 Å². The highest BCUT2D eigenvalue weighted by Gasteiger charge is 2.26. The Bertz CT molecular complexity index is 399. The van der Waals surface area contributed by atoms with Crippen LogP contribution in [0.5, 0.6) is 5.75 Å². The van der Waals surface area contributed by atoms with E-state index in [2.05, 4.69) is 10.6 Å². The molecule has 1 amide bonds. The fourth-order valence-corrected chi connectivity index (χ4v) is 1.71. The molecule has 0 saturated carbocycles. The Balaban J connectivity index is 2.58. The first-order valence-electron chi connectivity index (χ1n) is 6.11. The van der Waals surface area contributed by atoms with Crippen LogP contribution in [0.25, 0.3) is 0 Å². The summed E-state index contributed by atoms with van der Waals surface area (Å²) < 4.78 is 0. The quantitative estimate of drug-likeness (QED) is 0.747. The molecule has 0 bridgehead atoms. The van der Waals surface area contributed by atoms with Crippen molar-refractivity contribution in [3.63, 3.8) is 0 Å². The number of carbonyl (C=O) groups is 1. The lowest BCUT2D eigenvalue weighted by molar-refractivity contribution is -0.128. The van der Waals surface area contributed by atoms with Crippen LogP contribution in [0.15, 0.2) is 24.3 Å². The van der Waals surface area contributed by atoms with Crippen LogP contribution in [0.1, 0.15) is 32.4 Å². The van der Waals surface area contributed by atoms with Crippen LogP contribution in [0, 0.1) is 5.41 Å². The zero-order chi connectivity index (χ0) is 13.8. The summed E-state index contributed by atoms with van der Waals surface area (Å²) >= 11 is 0. The number of phenolic OH excluding ortho intramolecular Hbond substituents is 1. The highest BCUT2D eigenvalue weighted by Crippen LogP contribution is 2.19. The third kappa shape index (κ3) is 3.74. The van der Waals surface area contributed by atoms with E-state index in [0.717, 1.165) is 5.56 Å². The lowest BCUT2D eigenvalue weighted by atomic mass is 9.91. The number of nitrogens with one attached hydrogen (secondary N) is 2. The van der Waals surface area contributed by atoms with E-state index in [-0.39, 0.29) is 17.7 Å². The highest BCUT2D eigenvalue weighted by molar-refractivity contribution is 5.81. The first-order valence-corrected chi connectivity index (χ1v) is 6.11. The largest absolute Gasteiger partial charge is 0.508 e. The fraction of sp³-hybridized carbons (Fsp3) is 0.500. The van der Waals surface area contributed by atoms with Gasteiger partial charge < -0.3 is 15.7 Å². The average Bonchev–Trinajstić information content (AvgIpc) is 2.35. The van der Waals surface area contributed by atoms with Gasteiger partial charge in [0.15, 0.2) is 0 Å². The molecule has 18 heavy (non-hydrogen) atoms. The van der Waals surface area contributed by atoms with Crippen molar-refractivity contribution in [2.75, 3.05) is 13.6 Å². The number of phenols is 1. The summed E-state index contributed by atoms with van der Waals surface area (Å²) in [5, 5.41) is 15.2. The molecule has 0 aromatic heterocycles. The molecule has 3 N–H and O–H groups in total. The minimum atomic E-state index is -0.445. The SMILES string of the molecule is CNC(=O)C(C)(C)CNC(C)c1ccc(O)cc1. The molecule has 1 aromatic carbocycles. The van der Waals surface area contributed by atoms with Crippen LogP contribution in [0.2, 0.25) is 0 Å². The molecule has 0 aliphatic heterocycles. The zero-order valence-electron chi connectivity index (χ0n) is 11.4. The minimum absolute atomic E-state index is 0.0212. The first-order chi connectivity index (χ1) is 8.36. The van der Waals surface area contributed by atoms with Crippen LogP contribution < -0.4 is 10.6 Å². The van der Waals surface area contributed by atoms with Gasteiger partial charge in [-0.3, -0.25) is 4.79 Å². The van der Waals surface area contributed by atoms with Gasteiger partial charge in [0.05, 0.1) is 5.41 Å². The highest BCUT2D eigenvalue weighted by atomic mass is 16.3. The van der Waals surface area contributed by atoms with Crippen LogP contribution in [0.4, 0.5) is 0 Å². The van der Waals surface area contributed by atoms with Gasteiger partial charge in [-0.05, 0) is 38.5 Å². The van der Waals surface area contributed by atoms with Crippen molar-refractivity contribution in [1.29, 1.82) is 0 Å². The Kier molecular flexibility index (Phi) is 4.73. The molecule has 1 atom stereocenters. The lowest BCUT2D eigenvalue weighted by Gasteiger charge is -2.25. The van der Waals surface area contributed by atoms with Crippen molar-refractivity contribution >= 4 is 5.91 Å². The predicted octanol–water partition coefficient (Wildman–Crippen LogP) is 1.81. The van der Waals surface area contributed by atoms with Gasteiger partial charge in [-0.1, -0.05) is 12.1 Å². The smallest absolute Gasteiger partial charge is 0.226 e. The van der Waals surface area contributed by atoms with Gasteiger partial charge in [-0.15, -0.1) is 0 Å². The lowest BCUT2D eigenvalue weighted by Crippen LogP contribution is -2.42. The second-order valence-electron chi connectivity index (χ2n) is 5.16. The van der Waals surface area contributed by atoms with E-state index in [1.54, 1.807) is 19.2 Å². The summed E-state index contributed by atoms with van der Waals surface area (Å²) in [5.74, 6) is 0.282. The molecule has 0 saturated heterocycles. The predicted molar refractivity (Wildman–Crippen MR) is 72.4 cm³/mol. The van der Waals surface area contributed by atoms with Gasteiger partial charge in [0.1, 0.15) is 5.75 Å².